The normalized spacial score (nSPS) is 15.0. The van der Waals surface area contributed by atoms with E-state index >= 15 is 0 Å². The summed E-state index contributed by atoms with van der Waals surface area (Å²) in [5.74, 6) is 0.364. The molecule has 80 valence electrons. The maximum absolute atomic E-state index is 11.7. The lowest BCUT2D eigenvalue weighted by Crippen LogP contribution is -2.13. The Hall–Kier alpha value is -1.90. The number of carbonyl (C=O) groups excluding carboxylic acids is 1. The number of aromatic nitrogens is 1. The molecule has 1 aliphatic rings. The minimum atomic E-state index is 0.136. The molecule has 3 rings (SSSR count). The molecule has 3 heteroatoms. The van der Waals surface area contributed by atoms with Crippen molar-refractivity contribution in [3.8, 4) is 0 Å². The molecule has 0 unspecified atom stereocenters. The highest BCUT2D eigenvalue weighted by molar-refractivity contribution is 6.02. The Bertz CT molecular complexity index is 541. The van der Waals surface area contributed by atoms with E-state index in [9.17, 15) is 4.79 Å². The maximum Gasteiger partial charge on any atom is 0.227 e. The molecule has 0 atom stereocenters. The molecule has 0 radical (unpaired) electrons. The monoisotopic (exact) mass is 212 g/mol. The summed E-state index contributed by atoms with van der Waals surface area (Å²) in [5, 5.41) is 3.97. The number of hydrogen-bond donors (Lipinski definition) is 1. The molecule has 1 aromatic heterocycles. The van der Waals surface area contributed by atoms with Gasteiger partial charge in [0.25, 0.3) is 0 Å². The number of pyridine rings is 1. The standard InChI is InChI=1S/C13H12N2O/c16-13(9-5-6-9)15-12-7-8-14-11-4-2-1-3-10(11)12/h1-4,7-9H,5-6H2,(H,14,15,16). The molecule has 0 saturated heterocycles. The second kappa shape index (κ2) is 3.59. The van der Waals surface area contributed by atoms with Crippen molar-refractivity contribution in [1.29, 1.82) is 0 Å². The van der Waals surface area contributed by atoms with E-state index in [0.29, 0.717) is 0 Å². The van der Waals surface area contributed by atoms with Crippen molar-refractivity contribution in [2.45, 2.75) is 12.8 Å². The number of rotatable bonds is 2. The topological polar surface area (TPSA) is 42.0 Å². The molecule has 1 N–H and O–H groups in total. The number of nitrogens with zero attached hydrogens (tertiary/aromatic N) is 1. The lowest BCUT2D eigenvalue weighted by molar-refractivity contribution is -0.117. The first-order valence-corrected chi connectivity index (χ1v) is 5.49. The summed E-state index contributed by atoms with van der Waals surface area (Å²) in [6, 6.07) is 9.67. The summed E-state index contributed by atoms with van der Waals surface area (Å²) < 4.78 is 0. The molecule has 1 saturated carbocycles. The van der Waals surface area contributed by atoms with E-state index in [-0.39, 0.29) is 11.8 Å². The Morgan fingerprint density at radius 2 is 2.06 bits per heavy atom. The second-order valence-corrected chi connectivity index (χ2v) is 4.14. The van der Waals surface area contributed by atoms with Crippen LogP contribution in [0.5, 0.6) is 0 Å². The molecule has 16 heavy (non-hydrogen) atoms. The lowest BCUT2D eigenvalue weighted by atomic mass is 10.2. The van der Waals surface area contributed by atoms with Gasteiger partial charge in [-0.2, -0.15) is 0 Å². The van der Waals surface area contributed by atoms with Crippen LogP contribution in [-0.2, 0) is 4.79 Å². The average molecular weight is 212 g/mol. The molecule has 0 spiro atoms. The van der Waals surface area contributed by atoms with E-state index < -0.39 is 0 Å². The highest BCUT2D eigenvalue weighted by Crippen LogP contribution is 2.31. The average Bonchev–Trinajstić information content (AvgIpc) is 3.13. The Labute approximate surface area is 93.5 Å². The van der Waals surface area contributed by atoms with Gasteiger partial charge in [0.15, 0.2) is 0 Å². The van der Waals surface area contributed by atoms with Gasteiger partial charge < -0.3 is 5.32 Å². The van der Waals surface area contributed by atoms with E-state index in [1.54, 1.807) is 6.20 Å². The fourth-order valence-corrected chi connectivity index (χ4v) is 1.79. The van der Waals surface area contributed by atoms with Crippen LogP contribution >= 0.6 is 0 Å². The first-order valence-electron chi connectivity index (χ1n) is 5.49. The third-order valence-electron chi connectivity index (χ3n) is 2.86. The van der Waals surface area contributed by atoms with Crippen LogP contribution in [0, 0.1) is 5.92 Å². The predicted molar refractivity (Wildman–Crippen MR) is 63.1 cm³/mol. The van der Waals surface area contributed by atoms with Crippen LogP contribution in [0.25, 0.3) is 10.9 Å². The molecule has 1 heterocycles. The summed E-state index contributed by atoms with van der Waals surface area (Å²) in [4.78, 5) is 15.9. The molecule has 1 fully saturated rings. The summed E-state index contributed by atoms with van der Waals surface area (Å²) in [6.07, 6.45) is 3.77. The Morgan fingerprint density at radius 3 is 2.88 bits per heavy atom. The van der Waals surface area contributed by atoms with Gasteiger partial charge in [-0.25, -0.2) is 0 Å². The van der Waals surface area contributed by atoms with E-state index in [1.165, 1.54) is 0 Å². The van der Waals surface area contributed by atoms with Gasteiger partial charge in [0.1, 0.15) is 0 Å². The number of anilines is 1. The lowest BCUT2D eigenvalue weighted by Gasteiger charge is -2.07. The molecule has 1 amide bonds. The zero-order valence-corrected chi connectivity index (χ0v) is 8.81. The van der Waals surface area contributed by atoms with Crippen molar-refractivity contribution in [3.05, 3.63) is 36.5 Å². The van der Waals surface area contributed by atoms with Gasteiger partial charge in [0, 0.05) is 17.5 Å². The van der Waals surface area contributed by atoms with Gasteiger partial charge in [0.2, 0.25) is 5.91 Å². The van der Waals surface area contributed by atoms with Crippen LogP contribution < -0.4 is 5.32 Å². The third kappa shape index (κ3) is 1.65. The number of benzene rings is 1. The quantitative estimate of drug-likeness (QED) is 0.831. The van der Waals surface area contributed by atoms with Crippen molar-refractivity contribution in [1.82, 2.24) is 4.98 Å². The van der Waals surface area contributed by atoms with Crippen LogP contribution in [0.15, 0.2) is 36.5 Å². The Kier molecular flexibility index (Phi) is 2.10. The van der Waals surface area contributed by atoms with E-state index in [1.807, 2.05) is 30.3 Å². The van der Waals surface area contributed by atoms with Gasteiger partial charge >= 0.3 is 0 Å². The van der Waals surface area contributed by atoms with Crippen LogP contribution in [0.2, 0.25) is 0 Å². The van der Waals surface area contributed by atoms with Crippen LogP contribution in [0.4, 0.5) is 5.69 Å². The van der Waals surface area contributed by atoms with E-state index in [0.717, 1.165) is 29.4 Å². The maximum atomic E-state index is 11.7. The number of fused-ring (bicyclic) bond motifs is 1. The van der Waals surface area contributed by atoms with Crippen molar-refractivity contribution < 1.29 is 4.79 Å². The van der Waals surface area contributed by atoms with Crippen LogP contribution in [0.3, 0.4) is 0 Å². The number of nitrogens with one attached hydrogen (secondary N) is 1. The molecule has 3 nitrogen and oxygen atoms in total. The fourth-order valence-electron chi connectivity index (χ4n) is 1.79. The summed E-state index contributed by atoms with van der Waals surface area (Å²) in [6.45, 7) is 0. The fraction of sp³-hybridized carbons (Fsp3) is 0.231. The first-order chi connectivity index (χ1) is 7.84. The molecule has 0 bridgehead atoms. The van der Waals surface area contributed by atoms with Gasteiger partial charge in [0.05, 0.1) is 11.2 Å². The molecular weight excluding hydrogens is 200 g/mol. The zero-order chi connectivity index (χ0) is 11.0. The number of amides is 1. The van der Waals surface area contributed by atoms with Crippen molar-refractivity contribution in [3.63, 3.8) is 0 Å². The van der Waals surface area contributed by atoms with Gasteiger partial charge in [-0.3, -0.25) is 9.78 Å². The molecule has 0 aliphatic heterocycles. The smallest absolute Gasteiger partial charge is 0.227 e. The minimum absolute atomic E-state index is 0.136. The largest absolute Gasteiger partial charge is 0.325 e. The zero-order valence-electron chi connectivity index (χ0n) is 8.81. The molecular formula is C13H12N2O. The summed E-state index contributed by atoms with van der Waals surface area (Å²) >= 11 is 0. The summed E-state index contributed by atoms with van der Waals surface area (Å²) in [7, 11) is 0. The van der Waals surface area contributed by atoms with Gasteiger partial charge in [-0.05, 0) is 25.0 Å². The minimum Gasteiger partial charge on any atom is -0.325 e. The van der Waals surface area contributed by atoms with Gasteiger partial charge in [-0.15, -0.1) is 0 Å². The van der Waals surface area contributed by atoms with Crippen LogP contribution in [-0.4, -0.2) is 10.9 Å². The Balaban J connectivity index is 1.99. The first kappa shape index (κ1) is 9.33. The van der Waals surface area contributed by atoms with E-state index in [2.05, 4.69) is 10.3 Å². The summed E-state index contributed by atoms with van der Waals surface area (Å²) in [5.41, 5.74) is 1.78. The van der Waals surface area contributed by atoms with Crippen molar-refractivity contribution in [2.24, 2.45) is 5.92 Å². The highest BCUT2D eigenvalue weighted by atomic mass is 16.2. The van der Waals surface area contributed by atoms with E-state index in [4.69, 9.17) is 0 Å². The number of hydrogen-bond acceptors (Lipinski definition) is 2. The Morgan fingerprint density at radius 1 is 1.25 bits per heavy atom. The molecule has 1 aromatic carbocycles. The number of para-hydroxylation sites is 1. The molecule has 2 aromatic rings. The predicted octanol–water partition coefficient (Wildman–Crippen LogP) is 2.58. The second-order valence-electron chi connectivity index (χ2n) is 4.14. The molecule has 1 aliphatic carbocycles. The van der Waals surface area contributed by atoms with Gasteiger partial charge in [-0.1, -0.05) is 18.2 Å². The third-order valence-corrected chi connectivity index (χ3v) is 2.86. The van der Waals surface area contributed by atoms with Crippen molar-refractivity contribution >= 4 is 22.5 Å². The number of carbonyl (C=O) groups is 1. The van der Waals surface area contributed by atoms with Crippen LogP contribution in [0.1, 0.15) is 12.8 Å². The van der Waals surface area contributed by atoms with Crippen molar-refractivity contribution in [2.75, 3.05) is 5.32 Å². The highest BCUT2D eigenvalue weighted by Gasteiger charge is 2.29. The SMILES string of the molecule is O=C(Nc1ccnc2ccccc12)C1CC1.